The van der Waals surface area contributed by atoms with Gasteiger partial charge in [0.25, 0.3) is 0 Å². The van der Waals surface area contributed by atoms with Crippen molar-refractivity contribution < 1.29 is 14.3 Å². The van der Waals surface area contributed by atoms with Gasteiger partial charge in [0.2, 0.25) is 5.95 Å². The summed E-state index contributed by atoms with van der Waals surface area (Å²) in [7, 11) is 3.24. The van der Waals surface area contributed by atoms with Gasteiger partial charge in [-0.15, -0.1) is 0 Å². The minimum Gasteiger partial charge on any atom is -0.493 e. The third-order valence-corrected chi connectivity index (χ3v) is 6.59. The fraction of sp³-hybridized carbons (Fsp3) is 0.320. The summed E-state index contributed by atoms with van der Waals surface area (Å²) in [6, 6.07) is 11.9. The van der Waals surface area contributed by atoms with E-state index in [9.17, 15) is 4.79 Å². The zero-order valence-electron chi connectivity index (χ0n) is 18.7. The zero-order chi connectivity index (χ0) is 22.4. The van der Waals surface area contributed by atoms with Crippen LogP contribution < -0.4 is 14.8 Å². The number of benzene rings is 2. The maximum absolute atomic E-state index is 13.5. The predicted molar refractivity (Wildman–Crippen MR) is 121 cm³/mol. The smallest absolute Gasteiger partial charge is 0.226 e. The van der Waals surface area contributed by atoms with Crippen LogP contribution in [0.2, 0.25) is 0 Å². The van der Waals surface area contributed by atoms with E-state index in [2.05, 4.69) is 47.4 Å². The molecule has 0 saturated heterocycles. The van der Waals surface area contributed by atoms with Crippen molar-refractivity contribution in [2.75, 3.05) is 19.5 Å². The van der Waals surface area contributed by atoms with Gasteiger partial charge in [-0.3, -0.25) is 4.79 Å². The zero-order valence-corrected chi connectivity index (χ0v) is 18.7. The molecule has 1 aromatic heterocycles. The molecule has 0 saturated carbocycles. The van der Waals surface area contributed by atoms with Crippen molar-refractivity contribution in [3.05, 3.63) is 76.2 Å². The van der Waals surface area contributed by atoms with Crippen LogP contribution in [0.3, 0.4) is 0 Å². The minimum absolute atomic E-state index is 0.0448. The van der Waals surface area contributed by atoms with Crippen LogP contribution in [0.15, 0.2) is 54.0 Å². The van der Waals surface area contributed by atoms with E-state index in [4.69, 9.17) is 9.47 Å². The summed E-state index contributed by atoms with van der Waals surface area (Å²) < 4.78 is 12.7. The number of Topliss-reactive ketones (excluding diaryl/α,β-unsaturated/α-hetero) is 1. The highest BCUT2D eigenvalue weighted by atomic mass is 16.5. The van der Waals surface area contributed by atoms with Gasteiger partial charge in [-0.05, 0) is 60.6 Å². The first kappa shape index (κ1) is 20.3. The van der Waals surface area contributed by atoms with Crippen LogP contribution in [-0.4, -0.2) is 34.8 Å². The van der Waals surface area contributed by atoms with Gasteiger partial charge < -0.3 is 14.8 Å². The second kappa shape index (κ2) is 7.82. The average molecular weight is 431 g/mol. The summed E-state index contributed by atoms with van der Waals surface area (Å²) in [5.74, 6) is 2.18. The second-order valence-electron chi connectivity index (χ2n) is 8.43. The second-order valence-corrected chi connectivity index (χ2v) is 8.43. The molecule has 5 rings (SSSR count). The molecule has 164 valence electrons. The number of ether oxygens (including phenoxy) is 2. The number of methoxy groups -OCH3 is 2. The van der Waals surface area contributed by atoms with Gasteiger partial charge in [-0.25, -0.2) is 4.68 Å². The van der Waals surface area contributed by atoms with Crippen LogP contribution in [0, 0.1) is 13.8 Å². The van der Waals surface area contributed by atoms with E-state index in [0.29, 0.717) is 30.3 Å². The van der Waals surface area contributed by atoms with Crippen molar-refractivity contribution in [1.29, 1.82) is 0 Å². The maximum atomic E-state index is 13.5. The Labute approximate surface area is 187 Å². The molecular weight excluding hydrogens is 404 g/mol. The summed E-state index contributed by atoms with van der Waals surface area (Å²) in [5, 5.41) is 7.82. The number of rotatable bonds is 4. The molecule has 1 N–H and O–H groups in total. The first-order chi connectivity index (χ1) is 15.5. The molecule has 1 aliphatic heterocycles. The standard InChI is InChI=1S/C25H26N4O3/c1-14-5-6-17(9-15(14)2)24-23-19(28-25-26-13-27-29(24)25)10-18(11-20(23)30)16-7-8-21(31-3)22(12-16)32-4/h5-9,12-13,18,24H,10-11H2,1-4H3,(H,26,27,28). The predicted octanol–water partition coefficient (Wildman–Crippen LogP) is 4.33. The normalized spacial score (nSPS) is 19.8. The first-order valence-corrected chi connectivity index (χ1v) is 10.7. The fourth-order valence-electron chi connectivity index (χ4n) is 4.74. The highest BCUT2D eigenvalue weighted by molar-refractivity contribution is 6.00. The van der Waals surface area contributed by atoms with Gasteiger partial charge in [0, 0.05) is 17.7 Å². The molecular formula is C25H26N4O3. The Morgan fingerprint density at radius 3 is 2.50 bits per heavy atom. The van der Waals surface area contributed by atoms with E-state index in [1.165, 1.54) is 17.5 Å². The van der Waals surface area contributed by atoms with Crippen LogP contribution in [-0.2, 0) is 4.79 Å². The topological polar surface area (TPSA) is 78.3 Å². The van der Waals surface area contributed by atoms with Gasteiger partial charge in [0.15, 0.2) is 17.3 Å². The number of hydrogen-bond acceptors (Lipinski definition) is 6. The number of carbonyl (C=O) groups is 1. The summed E-state index contributed by atoms with van der Waals surface area (Å²) in [5.41, 5.74) is 6.22. The molecule has 0 fully saturated rings. The Morgan fingerprint density at radius 1 is 0.969 bits per heavy atom. The van der Waals surface area contributed by atoms with Crippen molar-refractivity contribution in [2.24, 2.45) is 0 Å². The van der Waals surface area contributed by atoms with Crippen LogP contribution in [0.5, 0.6) is 11.5 Å². The summed E-state index contributed by atoms with van der Waals surface area (Å²) in [4.78, 5) is 17.9. The highest BCUT2D eigenvalue weighted by Crippen LogP contribution is 2.45. The number of carbonyl (C=O) groups excluding carboxylic acids is 1. The molecule has 0 spiro atoms. The number of anilines is 1. The van der Waals surface area contributed by atoms with E-state index in [1.54, 1.807) is 14.2 Å². The quantitative estimate of drug-likeness (QED) is 0.664. The van der Waals surface area contributed by atoms with Gasteiger partial charge >= 0.3 is 0 Å². The average Bonchev–Trinajstić information content (AvgIpc) is 3.27. The minimum atomic E-state index is -0.276. The Bertz CT molecular complexity index is 1240. The fourth-order valence-corrected chi connectivity index (χ4v) is 4.74. The van der Waals surface area contributed by atoms with Gasteiger partial charge in [0.05, 0.1) is 14.2 Å². The van der Waals surface area contributed by atoms with Crippen molar-refractivity contribution in [3.63, 3.8) is 0 Å². The lowest BCUT2D eigenvalue weighted by molar-refractivity contribution is -0.116. The molecule has 2 aliphatic rings. The molecule has 0 radical (unpaired) electrons. The number of nitrogens with zero attached hydrogens (tertiary/aromatic N) is 3. The molecule has 2 aromatic carbocycles. The van der Waals surface area contributed by atoms with E-state index < -0.39 is 0 Å². The van der Waals surface area contributed by atoms with E-state index in [1.807, 2.05) is 22.9 Å². The summed E-state index contributed by atoms with van der Waals surface area (Å²) in [6.07, 6.45) is 2.68. The molecule has 2 heterocycles. The number of hydrogen-bond donors (Lipinski definition) is 1. The number of ketones is 1. The molecule has 3 aromatic rings. The lowest BCUT2D eigenvalue weighted by atomic mass is 9.77. The van der Waals surface area contributed by atoms with Crippen LogP contribution in [0.25, 0.3) is 0 Å². The molecule has 1 aliphatic carbocycles. The summed E-state index contributed by atoms with van der Waals surface area (Å²) in [6.45, 7) is 4.18. The largest absolute Gasteiger partial charge is 0.493 e. The lowest BCUT2D eigenvalue weighted by Crippen LogP contribution is -2.33. The SMILES string of the molecule is COc1ccc(C2CC(=O)C3=C(C2)Nc2ncnn2C3c2ccc(C)c(C)c2)cc1OC. The Kier molecular flexibility index (Phi) is 4.96. The van der Waals surface area contributed by atoms with E-state index in [0.717, 1.165) is 22.4 Å². The number of nitrogens with one attached hydrogen (secondary N) is 1. The Morgan fingerprint density at radius 2 is 1.75 bits per heavy atom. The number of fused-ring (bicyclic) bond motifs is 1. The molecule has 7 nitrogen and oxygen atoms in total. The van der Waals surface area contributed by atoms with Gasteiger partial charge in [-0.1, -0.05) is 24.3 Å². The van der Waals surface area contributed by atoms with Gasteiger partial charge in [-0.2, -0.15) is 10.1 Å². The van der Waals surface area contributed by atoms with E-state index in [-0.39, 0.29) is 17.7 Å². The Hall–Kier alpha value is -3.61. The van der Waals surface area contributed by atoms with Gasteiger partial charge in [0.1, 0.15) is 12.4 Å². The summed E-state index contributed by atoms with van der Waals surface area (Å²) >= 11 is 0. The molecule has 2 atom stereocenters. The lowest BCUT2D eigenvalue weighted by Gasteiger charge is -2.35. The number of allylic oxidation sites excluding steroid dienone is 2. The van der Waals surface area contributed by atoms with Crippen LogP contribution >= 0.6 is 0 Å². The van der Waals surface area contributed by atoms with Crippen molar-refractivity contribution >= 4 is 11.7 Å². The molecule has 32 heavy (non-hydrogen) atoms. The molecule has 0 bridgehead atoms. The Balaban J connectivity index is 1.56. The van der Waals surface area contributed by atoms with E-state index >= 15 is 0 Å². The number of aryl methyl sites for hydroxylation is 2. The monoisotopic (exact) mass is 430 g/mol. The first-order valence-electron chi connectivity index (χ1n) is 10.7. The van der Waals surface area contributed by atoms with Crippen molar-refractivity contribution in [3.8, 4) is 11.5 Å². The van der Waals surface area contributed by atoms with Crippen molar-refractivity contribution in [1.82, 2.24) is 14.8 Å². The third-order valence-electron chi connectivity index (χ3n) is 6.59. The molecule has 7 heteroatoms. The van der Waals surface area contributed by atoms with Crippen LogP contribution in [0.4, 0.5) is 5.95 Å². The third kappa shape index (κ3) is 3.25. The van der Waals surface area contributed by atoms with Crippen LogP contribution in [0.1, 0.15) is 47.1 Å². The molecule has 0 amide bonds. The number of aromatic nitrogens is 3. The molecule has 2 unspecified atom stereocenters. The highest BCUT2D eigenvalue weighted by Gasteiger charge is 2.39. The maximum Gasteiger partial charge on any atom is 0.226 e. The van der Waals surface area contributed by atoms with Crippen molar-refractivity contribution in [2.45, 2.75) is 38.6 Å².